The maximum atomic E-state index is 6.14. The molecule has 0 bridgehead atoms. The highest BCUT2D eigenvalue weighted by Crippen LogP contribution is 2.30. The maximum absolute atomic E-state index is 6.14. The van der Waals surface area contributed by atoms with Crippen LogP contribution in [0.4, 0.5) is 11.6 Å². The van der Waals surface area contributed by atoms with Gasteiger partial charge >= 0.3 is 0 Å². The number of rotatable bonds is 3. The lowest BCUT2D eigenvalue weighted by atomic mass is 10.1. The van der Waals surface area contributed by atoms with Gasteiger partial charge in [-0.25, -0.2) is 4.98 Å². The molecule has 1 saturated heterocycles. The minimum Gasteiger partial charge on any atom is -0.372 e. The van der Waals surface area contributed by atoms with Crippen LogP contribution in [-0.4, -0.2) is 29.6 Å². The van der Waals surface area contributed by atoms with E-state index >= 15 is 0 Å². The first-order chi connectivity index (χ1) is 8.20. The lowest BCUT2D eigenvalue weighted by Crippen LogP contribution is -2.25. The molecule has 0 aliphatic carbocycles. The van der Waals surface area contributed by atoms with Gasteiger partial charge in [0, 0.05) is 13.1 Å². The monoisotopic (exact) mass is 291 g/mol. The van der Waals surface area contributed by atoms with Crippen LogP contribution in [0.3, 0.4) is 0 Å². The standard InChI is InChI=1S/C11H15Cl2N3S/c1-14-10-8(12)6-9(13)11(16-10)15-7-2-4-17-5-3-7/h6-7H,2-5H2,1H3,(H2,14,15,16). The number of nitrogens with zero attached hydrogens (tertiary/aromatic N) is 1. The van der Waals surface area contributed by atoms with Gasteiger partial charge in [0.2, 0.25) is 0 Å². The lowest BCUT2D eigenvalue weighted by Gasteiger charge is -2.23. The minimum absolute atomic E-state index is 0.465. The van der Waals surface area contributed by atoms with Gasteiger partial charge in [0.25, 0.3) is 0 Å². The largest absolute Gasteiger partial charge is 0.372 e. The number of anilines is 2. The van der Waals surface area contributed by atoms with Crippen molar-refractivity contribution < 1.29 is 0 Å². The molecule has 94 valence electrons. The Kier molecular flexibility index (Phi) is 4.65. The molecule has 1 aromatic heterocycles. The van der Waals surface area contributed by atoms with Crippen LogP contribution in [0, 0.1) is 0 Å². The van der Waals surface area contributed by atoms with Crippen molar-refractivity contribution in [3.8, 4) is 0 Å². The second-order valence-electron chi connectivity index (χ2n) is 3.93. The Labute approximate surface area is 116 Å². The number of pyridine rings is 1. The van der Waals surface area contributed by atoms with Crippen molar-refractivity contribution in [3.63, 3.8) is 0 Å². The summed E-state index contributed by atoms with van der Waals surface area (Å²) in [6, 6.07) is 2.19. The predicted molar refractivity (Wildman–Crippen MR) is 77.8 cm³/mol. The first-order valence-corrected chi connectivity index (χ1v) is 7.50. The van der Waals surface area contributed by atoms with E-state index in [1.165, 1.54) is 11.5 Å². The Morgan fingerprint density at radius 1 is 1.24 bits per heavy atom. The van der Waals surface area contributed by atoms with Gasteiger partial charge < -0.3 is 10.6 Å². The van der Waals surface area contributed by atoms with Crippen molar-refractivity contribution in [2.45, 2.75) is 18.9 Å². The number of aromatic nitrogens is 1. The van der Waals surface area contributed by atoms with Crippen LogP contribution in [0.15, 0.2) is 6.07 Å². The zero-order chi connectivity index (χ0) is 12.3. The zero-order valence-electron chi connectivity index (χ0n) is 9.59. The van der Waals surface area contributed by atoms with E-state index in [0.29, 0.717) is 21.9 Å². The van der Waals surface area contributed by atoms with Gasteiger partial charge in [0.1, 0.15) is 11.6 Å². The predicted octanol–water partition coefficient (Wildman–Crippen LogP) is 3.74. The average Bonchev–Trinajstić information content (AvgIpc) is 2.34. The van der Waals surface area contributed by atoms with E-state index < -0.39 is 0 Å². The van der Waals surface area contributed by atoms with Gasteiger partial charge in [-0.3, -0.25) is 0 Å². The molecule has 1 aromatic rings. The van der Waals surface area contributed by atoms with Crippen LogP contribution >= 0.6 is 35.0 Å². The summed E-state index contributed by atoms with van der Waals surface area (Å²) in [6.45, 7) is 0. The maximum Gasteiger partial charge on any atom is 0.147 e. The van der Waals surface area contributed by atoms with Gasteiger partial charge in [-0.05, 0) is 30.4 Å². The third-order valence-electron chi connectivity index (χ3n) is 2.73. The summed E-state index contributed by atoms with van der Waals surface area (Å²) in [4.78, 5) is 4.39. The van der Waals surface area contributed by atoms with Gasteiger partial charge in [-0.2, -0.15) is 11.8 Å². The Morgan fingerprint density at radius 2 is 1.88 bits per heavy atom. The molecular formula is C11H15Cl2N3S. The molecule has 2 heterocycles. The quantitative estimate of drug-likeness (QED) is 0.890. The van der Waals surface area contributed by atoms with E-state index in [1.807, 2.05) is 11.8 Å². The number of hydrogen-bond acceptors (Lipinski definition) is 4. The Bertz CT molecular complexity index is 395. The van der Waals surface area contributed by atoms with E-state index in [9.17, 15) is 0 Å². The van der Waals surface area contributed by atoms with Crippen LogP contribution in [0.25, 0.3) is 0 Å². The average molecular weight is 292 g/mol. The Balaban J connectivity index is 2.13. The molecule has 2 rings (SSSR count). The van der Waals surface area contributed by atoms with E-state index in [-0.39, 0.29) is 0 Å². The smallest absolute Gasteiger partial charge is 0.147 e. The third kappa shape index (κ3) is 3.33. The topological polar surface area (TPSA) is 37.0 Å². The molecule has 1 aliphatic heterocycles. The van der Waals surface area contributed by atoms with Crippen LogP contribution in [0.1, 0.15) is 12.8 Å². The van der Waals surface area contributed by atoms with Crippen molar-refractivity contribution in [3.05, 3.63) is 16.1 Å². The fourth-order valence-corrected chi connectivity index (χ4v) is 3.39. The first kappa shape index (κ1) is 13.1. The van der Waals surface area contributed by atoms with Crippen molar-refractivity contribution >= 4 is 46.6 Å². The van der Waals surface area contributed by atoms with Crippen molar-refractivity contribution in [2.24, 2.45) is 0 Å². The third-order valence-corrected chi connectivity index (χ3v) is 4.35. The second-order valence-corrected chi connectivity index (χ2v) is 5.97. The fraction of sp³-hybridized carbons (Fsp3) is 0.545. The molecule has 17 heavy (non-hydrogen) atoms. The molecule has 6 heteroatoms. The van der Waals surface area contributed by atoms with E-state index in [4.69, 9.17) is 23.2 Å². The zero-order valence-corrected chi connectivity index (χ0v) is 11.9. The molecule has 1 aliphatic rings. The molecular weight excluding hydrogens is 277 g/mol. The number of thioether (sulfide) groups is 1. The van der Waals surface area contributed by atoms with Gasteiger partial charge in [0.15, 0.2) is 0 Å². The van der Waals surface area contributed by atoms with Gasteiger partial charge in [-0.1, -0.05) is 23.2 Å². The molecule has 0 amide bonds. The van der Waals surface area contributed by atoms with Gasteiger partial charge in [-0.15, -0.1) is 0 Å². The molecule has 1 fully saturated rings. The van der Waals surface area contributed by atoms with E-state index in [2.05, 4.69) is 15.6 Å². The molecule has 3 nitrogen and oxygen atoms in total. The molecule has 0 radical (unpaired) electrons. The highest BCUT2D eigenvalue weighted by molar-refractivity contribution is 7.99. The molecule has 0 aromatic carbocycles. The van der Waals surface area contributed by atoms with Crippen LogP contribution < -0.4 is 10.6 Å². The molecule has 0 spiro atoms. The minimum atomic E-state index is 0.465. The van der Waals surface area contributed by atoms with Gasteiger partial charge in [0.05, 0.1) is 10.0 Å². The van der Waals surface area contributed by atoms with Crippen molar-refractivity contribution in [2.75, 3.05) is 29.2 Å². The van der Waals surface area contributed by atoms with E-state index in [0.717, 1.165) is 18.7 Å². The number of hydrogen-bond donors (Lipinski definition) is 2. The highest BCUT2D eigenvalue weighted by atomic mass is 35.5. The van der Waals surface area contributed by atoms with Crippen LogP contribution in [0.2, 0.25) is 10.0 Å². The SMILES string of the molecule is CNc1nc(NC2CCSCC2)c(Cl)cc1Cl. The molecule has 2 N–H and O–H groups in total. The fourth-order valence-electron chi connectivity index (χ4n) is 1.78. The number of halogens is 2. The summed E-state index contributed by atoms with van der Waals surface area (Å²) in [5.74, 6) is 3.77. The Morgan fingerprint density at radius 3 is 2.53 bits per heavy atom. The number of nitrogens with one attached hydrogen (secondary N) is 2. The summed E-state index contributed by atoms with van der Waals surface area (Å²) in [7, 11) is 1.79. The lowest BCUT2D eigenvalue weighted by molar-refractivity contribution is 0.664. The summed E-state index contributed by atoms with van der Waals surface area (Å²) in [5, 5.41) is 7.47. The first-order valence-electron chi connectivity index (χ1n) is 5.59. The summed E-state index contributed by atoms with van der Waals surface area (Å²) < 4.78 is 0. The van der Waals surface area contributed by atoms with Crippen molar-refractivity contribution in [1.82, 2.24) is 4.98 Å². The summed E-state index contributed by atoms with van der Waals surface area (Å²) >= 11 is 14.1. The molecule has 0 atom stereocenters. The summed E-state index contributed by atoms with van der Waals surface area (Å²) in [6.07, 6.45) is 2.31. The van der Waals surface area contributed by atoms with Crippen LogP contribution in [0.5, 0.6) is 0 Å². The Hall–Kier alpha value is -0.320. The van der Waals surface area contributed by atoms with Crippen LogP contribution in [-0.2, 0) is 0 Å². The molecule has 0 saturated carbocycles. The van der Waals surface area contributed by atoms with E-state index in [1.54, 1.807) is 13.1 Å². The molecule has 0 unspecified atom stereocenters. The highest BCUT2D eigenvalue weighted by Gasteiger charge is 2.16. The normalized spacial score (nSPS) is 16.9. The van der Waals surface area contributed by atoms with Crippen molar-refractivity contribution in [1.29, 1.82) is 0 Å². The second kappa shape index (κ2) is 6.03. The summed E-state index contributed by atoms with van der Waals surface area (Å²) in [5.41, 5.74) is 0.